The van der Waals surface area contributed by atoms with E-state index in [2.05, 4.69) is 5.32 Å². The lowest BCUT2D eigenvalue weighted by Gasteiger charge is -2.34. The Bertz CT molecular complexity index is 669. The molecule has 1 fully saturated rings. The molecule has 0 spiro atoms. The predicted octanol–water partition coefficient (Wildman–Crippen LogP) is 1.42. The zero-order chi connectivity index (χ0) is 16.6. The fourth-order valence-electron chi connectivity index (χ4n) is 2.75. The molecule has 1 atom stereocenters. The normalized spacial score (nSPS) is 20.8. The van der Waals surface area contributed by atoms with Crippen LogP contribution in [-0.2, 0) is 9.59 Å². The highest BCUT2D eigenvalue weighted by molar-refractivity contribution is 8.00. The zero-order valence-electron chi connectivity index (χ0n) is 13.2. The number of hydrogen-bond acceptors (Lipinski definition) is 4. The van der Waals surface area contributed by atoms with Crippen LogP contribution in [-0.4, -0.2) is 59.0 Å². The second-order valence-electron chi connectivity index (χ2n) is 5.76. The Balaban J connectivity index is 1.73. The molecule has 1 unspecified atom stereocenters. The number of nitrogens with one attached hydrogen (secondary N) is 1. The molecular formula is C16H19N3O3S. The summed E-state index contributed by atoms with van der Waals surface area (Å²) >= 11 is 1.50. The van der Waals surface area contributed by atoms with Gasteiger partial charge in [-0.3, -0.25) is 14.4 Å². The van der Waals surface area contributed by atoms with Gasteiger partial charge in [0.05, 0.1) is 10.9 Å². The van der Waals surface area contributed by atoms with E-state index in [-0.39, 0.29) is 23.0 Å². The van der Waals surface area contributed by atoms with Crippen LogP contribution in [0.3, 0.4) is 0 Å². The largest absolute Gasteiger partial charge is 0.339 e. The minimum absolute atomic E-state index is 0.0397. The van der Waals surface area contributed by atoms with E-state index in [1.807, 2.05) is 13.0 Å². The summed E-state index contributed by atoms with van der Waals surface area (Å²) in [4.78, 5) is 40.2. The van der Waals surface area contributed by atoms with Gasteiger partial charge in [0.25, 0.3) is 5.91 Å². The van der Waals surface area contributed by atoms with E-state index in [4.69, 9.17) is 0 Å². The van der Waals surface area contributed by atoms with Crippen LogP contribution in [0.4, 0.5) is 5.69 Å². The molecule has 2 aliphatic heterocycles. The molecule has 0 aliphatic carbocycles. The summed E-state index contributed by atoms with van der Waals surface area (Å²) in [6, 6.07) is 5.43. The van der Waals surface area contributed by atoms with E-state index in [0.29, 0.717) is 37.4 Å². The molecule has 122 valence electrons. The number of hydrogen-bond donors (Lipinski definition) is 1. The van der Waals surface area contributed by atoms with Crippen LogP contribution in [0.25, 0.3) is 0 Å². The summed E-state index contributed by atoms with van der Waals surface area (Å²) in [5.74, 6) is -0.0595. The van der Waals surface area contributed by atoms with E-state index < -0.39 is 0 Å². The third-order valence-corrected chi connectivity index (χ3v) is 5.35. The number of rotatable bonds is 1. The summed E-state index contributed by atoms with van der Waals surface area (Å²) in [7, 11) is 0. The molecule has 0 saturated carbocycles. The molecule has 3 amide bonds. The first-order valence-electron chi connectivity index (χ1n) is 7.62. The highest BCUT2D eigenvalue weighted by Crippen LogP contribution is 2.36. The van der Waals surface area contributed by atoms with E-state index in [1.54, 1.807) is 28.9 Å². The summed E-state index contributed by atoms with van der Waals surface area (Å²) in [6.07, 6.45) is 0. The van der Waals surface area contributed by atoms with Crippen LogP contribution >= 0.6 is 11.8 Å². The number of piperazine rings is 1. The van der Waals surface area contributed by atoms with Gasteiger partial charge in [-0.05, 0) is 25.1 Å². The lowest BCUT2D eigenvalue weighted by Crippen LogP contribution is -2.50. The minimum atomic E-state index is -0.122. The van der Waals surface area contributed by atoms with E-state index in [0.717, 1.165) is 4.90 Å². The first kappa shape index (κ1) is 15.9. The Morgan fingerprint density at radius 1 is 1.17 bits per heavy atom. The van der Waals surface area contributed by atoms with Gasteiger partial charge < -0.3 is 15.1 Å². The number of fused-ring (bicyclic) bond motifs is 1. The van der Waals surface area contributed by atoms with Crippen LogP contribution in [0.1, 0.15) is 24.2 Å². The van der Waals surface area contributed by atoms with Crippen molar-refractivity contribution in [1.82, 2.24) is 9.80 Å². The molecule has 6 nitrogen and oxygen atoms in total. The number of carbonyl (C=O) groups is 3. The zero-order valence-corrected chi connectivity index (χ0v) is 14.0. The van der Waals surface area contributed by atoms with Gasteiger partial charge in [-0.1, -0.05) is 0 Å². The van der Waals surface area contributed by atoms with Gasteiger partial charge in [0.1, 0.15) is 0 Å². The van der Waals surface area contributed by atoms with Crippen molar-refractivity contribution in [3.63, 3.8) is 0 Å². The maximum absolute atomic E-state index is 12.6. The van der Waals surface area contributed by atoms with E-state index in [9.17, 15) is 14.4 Å². The molecule has 1 aromatic carbocycles. The van der Waals surface area contributed by atoms with Gasteiger partial charge in [0.2, 0.25) is 11.8 Å². The van der Waals surface area contributed by atoms with E-state index in [1.165, 1.54) is 11.8 Å². The van der Waals surface area contributed by atoms with Crippen molar-refractivity contribution in [3.05, 3.63) is 23.8 Å². The van der Waals surface area contributed by atoms with Crippen molar-refractivity contribution in [2.24, 2.45) is 0 Å². The second kappa shape index (κ2) is 6.23. The SMILES string of the molecule is CC(=O)N1CCN(C(=O)c2ccc3c(c2)NC(=O)C(C)S3)CC1. The number of amides is 3. The second-order valence-corrected chi connectivity index (χ2v) is 7.14. The molecule has 1 N–H and O–H groups in total. The van der Waals surface area contributed by atoms with Gasteiger partial charge in [0, 0.05) is 43.6 Å². The molecular weight excluding hydrogens is 314 g/mol. The molecule has 3 rings (SSSR count). The number of anilines is 1. The highest BCUT2D eigenvalue weighted by atomic mass is 32.2. The smallest absolute Gasteiger partial charge is 0.254 e. The van der Waals surface area contributed by atoms with Crippen molar-refractivity contribution in [3.8, 4) is 0 Å². The Labute approximate surface area is 139 Å². The molecule has 2 aliphatic rings. The molecule has 7 heteroatoms. The number of benzene rings is 1. The van der Waals surface area contributed by atoms with Crippen molar-refractivity contribution in [1.29, 1.82) is 0 Å². The van der Waals surface area contributed by atoms with Crippen LogP contribution < -0.4 is 5.32 Å². The maximum Gasteiger partial charge on any atom is 0.254 e. The maximum atomic E-state index is 12.6. The highest BCUT2D eigenvalue weighted by Gasteiger charge is 2.26. The average Bonchev–Trinajstić information content (AvgIpc) is 2.55. The van der Waals surface area contributed by atoms with Crippen LogP contribution in [0.2, 0.25) is 0 Å². The van der Waals surface area contributed by atoms with Crippen molar-refractivity contribution in [2.75, 3.05) is 31.5 Å². The minimum Gasteiger partial charge on any atom is -0.339 e. The number of nitrogens with zero attached hydrogens (tertiary/aromatic N) is 2. The van der Waals surface area contributed by atoms with Gasteiger partial charge in [-0.15, -0.1) is 11.8 Å². The lowest BCUT2D eigenvalue weighted by molar-refractivity contribution is -0.130. The first-order chi connectivity index (χ1) is 11.0. The molecule has 2 heterocycles. The van der Waals surface area contributed by atoms with Gasteiger partial charge in [0.15, 0.2) is 0 Å². The molecule has 0 aromatic heterocycles. The van der Waals surface area contributed by atoms with Gasteiger partial charge >= 0.3 is 0 Å². The standard InChI is InChI=1S/C16H19N3O3S/c1-10-15(21)17-13-9-12(3-4-14(13)23-10)16(22)19-7-5-18(6-8-19)11(2)20/h3-4,9-10H,5-8H2,1-2H3,(H,17,21). The van der Waals surface area contributed by atoms with Gasteiger partial charge in [-0.2, -0.15) is 0 Å². The van der Waals surface area contributed by atoms with Crippen LogP contribution in [0, 0.1) is 0 Å². The summed E-state index contributed by atoms with van der Waals surface area (Å²) in [6.45, 7) is 5.60. The summed E-state index contributed by atoms with van der Waals surface area (Å²) in [5, 5.41) is 2.72. The molecule has 0 radical (unpaired) electrons. The van der Waals surface area contributed by atoms with Crippen LogP contribution in [0.5, 0.6) is 0 Å². The number of carbonyl (C=O) groups excluding carboxylic acids is 3. The fourth-order valence-corrected chi connectivity index (χ4v) is 3.68. The fraction of sp³-hybridized carbons (Fsp3) is 0.438. The Kier molecular flexibility index (Phi) is 4.30. The Hall–Kier alpha value is -2.02. The predicted molar refractivity (Wildman–Crippen MR) is 88.5 cm³/mol. The third kappa shape index (κ3) is 3.19. The van der Waals surface area contributed by atoms with Crippen molar-refractivity contribution in [2.45, 2.75) is 24.0 Å². The summed E-state index contributed by atoms with van der Waals surface area (Å²) < 4.78 is 0. The first-order valence-corrected chi connectivity index (χ1v) is 8.50. The monoisotopic (exact) mass is 333 g/mol. The van der Waals surface area contributed by atoms with Gasteiger partial charge in [-0.25, -0.2) is 0 Å². The molecule has 23 heavy (non-hydrogen) atoms. The Morgan fingerprint density at radius 3 is 2.48 bits per heavy atom. The molecule has 0 bridgehead atoms. The molecule has 1 saturated heterocycles. The van der Waals surface area contributed by atoms with Crippen molar-refractivity contribution >= 4 is 35.2 Å². The van der Waals surface area contributed by atoms with E-state index >= 15 is 0 Å². The quantitative estimate of drug-likeness (QED) is 0.844. The molecule has 1 aromatic rings. The van der Waals surface area contributed by atoms with Crippen LogP contribution in [0.15, 0.2) is 23.1 Å². The van der Waals surface area contributed by atoms with Crippen molar-refractivity contribution < 1.29 is 14.4 Å². The average molecular weight is 333 g/mol. The number of thioether (sulfide) groups is 1. The third-order valence-electron chi connectivity index (χ3n) is 4.17. The topological polar surface area (TPSA) is 69.7 Å². The lowest BCUT2D eigenvalue weighted by atomic mass is 10.1. The Morgan fingerprint density at radius 2 is 1.83 bits per heavy atom. The summed E-state index contributed by atoms with van der Waals surface area (Å²) in [5.41, 5.74) is 1.27.